The summed E-state index contributed by atoms with van der Waals surface area (Å²) in [5, 5.41) is 0. The van der Waals surface area contributed by atoms with Crippen molar-refractivity contribution in [3.05, 3.63) is 97.2 Å². The maximum atomic E-state index is 12.9. The first-order chi connectivity index (χ1) is 35.5. The molecule has 6 heteroatoms. The summed E-state index contributed by atoms with van der Waals surface area (Å²) >= 11 is 0. The van der Waals surface area contributed by atoms with Crippen LogP contribution >= 0.6 is 0 Å². The highest BCUT2D eigenvalue weighted by Gasteiger charge is 2.19. The van der Waals surface area contributed by atoms with Crippen molar-refractivity contribution in [1.82, 2.24) is 0 Å². The molecular weight excluding hydrogens is 889 g/mol. The largest absolute Gasteiger partial charge is 0.462 e. The summed E-state index contributed by atoms with van der Waals surface area (Å²) in [6.45, 7) is 6.51. The van der Waals surface area contributed by atoms with E-state index in [2.05, 4.69) is 93.7 Å². The molecule has 0 aliphatic rings. The highest BCUT2D eigenvalue weighted by atomic mass is 16.6. The Morgan fingerprint density at radius 2 is 0.583 bits per heavy atom. The predicted molar refractivity (Wildman–Crippen MR) is 311 cm³/mol. The summed E-state index contributed by atoms with van der Waals surface area (Å²) in [4.78, 5) is 38.3. The van der Waals surface area contributed by atoms with E-state index in [0.717, 1.165) is 96.3 Å². The monoisotopic (exact) mass is 1000 g/mol. The molecule has 0 fully saturated rings. The molecule has 0 heterocycles. The summed E-state index contributed by atoms with van der Waals surface area (Å²) in [6, 6.07) is 0. The van der Waals surface area contributed by atoms with Crippen LogP contribution in [0.15, 0.2) is 97.2 Å². The Morgan fingerprint density at radius 1 is 0.292 bits per heavy atom. The number of allylic oxidation sites excluding steroid dienone is 16. The van der Waals surface area contributed by atoms with Gasteiger partial charge >= 0.3 is 17.9 Å². The molecule has 412 valence electrons. The van der Waals surface area contributed by atoms with Crippen LogP contribution in [0.5, 0.6) is 0 Å². The molecule has 0 saturated heterocycles. The molecule has 72 heavy (non-hydrogen) atoms. The Morgan fingerprint density at radius 3 is 0.986 bits per heavy atom. The van der Waals surface area contributed by atoms with Crippen molar-refractivity contribution in [2.75, 3.05) is 13.2 Å². The lowest BCUT2D eigenvalue weighted by atomic mass is 10.1. The Bertz CT molecular complexity index is 1430. The topological polar surface area (TPSA) is 78.9 Å². The van der Waals surface area contributed by atoms with Crippen molar-refractivity contribution < 1.29 is 28.6 Å². The standard InChI is InChI=1S/C66H112O6/c1-4-7-10-13-16-19-22-25-28-31-33-36-38-41-44-47-50-53-56-59-65(68)71-62-63(61-70-64(67)58-55-52-49-46-43-40-37-34-30-27-24-21-18-15-12-9-6-3)72-66(69)60-57-54-51-48-45-42-39-35-32-29-26-23-20-17-14-11-8-5-2/h11,14,17-18,20-21,23,26-27,29-33,35,39,63H,4-10,12-13,15-16,19,22,24-25,28,34,36-38,40-62H2,1-3H3/b14-11-,20-17-,21-18-,26-23-,30-27-,32-29-,33-31-,39-35-. The van der Waals surface area contributed by atoms with Crippen LogP contribution in [0.2, 0.25) is 0 Å². The number of esters is 3. The molecule has 0 aliphatic heterocycles. The third-order valence-corrected chi connectivity index (χ3v) is 12.9. The number of rotatable bonds is 54. The van der Waals surface area contributed by atoms with Gasteiger partial charge in [0.05, 0.1) is 0 Å². The van der Waals surface area contributed by atoms with E-state index in [1.165, 1.54) is 148 Å². The average molecular weight is 1000 g/mol. The zero-order chi connectivity index (χ0) is 52.2. The van der Waals surface area contributed by atoms with Crippen LogP contribution in [-0.2, 0) is 28.6 Å². The van der Waals surface area contributed by atoms with E-state index < -0.39 is 6.10 Å². The van der Waals surface area contributed by atoms with Gasteiger partial charge in [-0.1, -0.05) is 266 Å². The van der Waals surface area contributed by atoms with Crippen molar-refractivity contribution in [3.63, 3.8) is 0 Å². The first-order valence-electron chi connectivity index (χ1n) is 30.3. The van der Waals surface area contributed by atoms with Crippen LogP contribution < -0.4 is 0 Å². The van der Waals surface area contributed by atoms with E-state index in [1.54, 1.807) is 0 Å². The maximum Gasteiger partial charge on any atom is 0.306 e. The first-order valence-corrected chi connectivity index (χ1v) is 30.3. The molecule has 0 aliphatic carbocycles. The fourth-order valence-corrected chi connectivity index (χ4v) is 8.32. The van der Waals surface area contributed by atoms with Gasteiger partial charge in [0.1, 0.15) is 13.2 Å². The number of carbonyl (C=O) groups excluding carboxylic acids is 3. The fraction of sp³-hybridized carbons (Fsp3) is 0.712. The van der Waals surface area contributed by atoms with Gasteiger partial charge in [-0.3, -0.25) is 14.4 Å². The molecule has 0 N–H and O–H groups in total. The van der Waals surface area contributed by atoms with Crippen molar-refractivity contribution in [2.24, 2.45) is 0 Å². The van der Waals surface area contributed by atoms with Gasteiger partial charge in [0.15, 0.2) is 6.10 Å². The summed E-state index contributed by atoms with van der Waals surface area (Å²) < 4.78 is 16.9. The molecule has 1 atom stereocenters. The van der Waals surface area contributed by atoms with Crippen LogP contribution in [0.4, 0.5) is 0 Å². The molecule has 0 aromatic heterocycles. The van der Waals surface area contributed by atoms with Gasteiger partial charge in [-0.05, 0) is 96.3 Å². The van der Waals surface area contributed by atoms with Gasteiger partial charge in [-0.15, -0.1) is 0 Å². The molecule has 0 aromatic rings. The zero-order valence-electron chi connectivity index (χ0n) is 47.2. The third-order valence-electron chi connectivity index (χ3n) is 12.9. The van der Waals surface area contributed by atoms with E-state index in [4.69, 9.17) is 14.2 Å². The van der Waals surface area contributed by atoms with E-state index in [-0.39, 0.29) is 31.1 Å². The van der Waals surface area contributed by atoms with E-state index >= 15 is 0 Å². The minimum atomic E-state index is -0.798. The summed E-state index contributed by atoms with van der Waals surface area (Å²) in [5.41, 5.74) is 0. The first kappa shape index (κ1) is 68.3. The molecule has 0 amide bonds. The second kappa shape index (κ2) is 59.9. The van der Waals surface area contributed by atoms with E-state index in [9.17, 15) is 14.4 Å². The van der Waals surface area contributed by atoms with Crippen LogP contribution in [0.1, 0.15) is 284 Å². The highest BCUT2D eigenvalue weighted by Crippen LogP contribution is 2.15. The van der Waals surface area contributed by atoms with Crippen molar-refractivity contribution in [1.29, 1.82) is 0 Å². The zero-order valence-corrected chi connectivity index (χ0v) is 47.2. The molecule has 0 bridgehead atoms. The third kappa shape index (κ3) is 57.2. The van der Waals surface area contributed by atoms with E-state index in [1.807, 2.05) is 24.3 Å². The molecule has 6 nitrogen and oxygen atoms in total. The van der Waals surface area contributed by atoms with E-state index in [0.29, 0.717) is 19.3 Å². The Kier molecular flexibility index (Phi) is 56.8. The van der Waals surface area contributed by atoms with Gasteiger partial charge in [0.2, 0.25) is 0 Å². The van der Waals surface area contributed by atoms with Gasteiger partial charge in [-0.25, -0.2) is 0 Å². The van der Waals surface area contributed by atoms with Crippen LogP contribution in [-0.4, -0.2) is 37.2 Å². The maximum absolute atomic E-state index is 12.9. The molecule has 0 saturated carbocycles. The quantitative estimate of drug-likeness (QED) is 0.0199. The number of carbonyl (C=O) groups is 3. The van der Waals surface area contributed by atoms with Crippen molar-refractivity contribution in [3.8, 4) is 0 Å². The van der Waals surface area contributed by atoms with Crippen molar-refractivity contribution >= 4 is 17.9 Å². The smallest absolute Gasteiger partial charge is 0.306 e. The lowest BCUT2D eigenvalue weighted by molar-refractivity contribution is -0.167. The molecule has 1 unspecified atom stereocenters. The SMILES string of the molecule is CCC\C=C/C=C\C=C/C=C\C=C/CCCCCCCC(=O)OC(COC(=O)CCCCCCCCC/C=C\C/C=C\CCCCC)COC(=O)CCCCCCCCC/C=C\CCCCCCCCCC. The average Bonchev–Trinajstić information content (AvgIpc) is 3.38. The van der Waals surface area contributed by atoms with Gasteiger partial charge < -0.3 is 14.2 Å². The highest BCUT2D eigenvalue weighted by molar-refractivity contribution is 5.71. The summed E-state index contributed by atoms with van der Waals surface area (Å²) in [5.74, 6) is -0.924. The van der Waals surface area contributed by atoms with Crippen LogP contribution in [0, 0.1) is 0 Å². The second-order valence-electron chi connectivity index (χ2n) is 20.0. The minimum absolute atomic E-state index is 0.0931. The van der Waals surface area contributed by atoms with Gasteiger partial charge in [-0.2, -0.15) is 0 Å². The lowest BCUT2D eigenvalue weighted by Gasteiger charge is -2.18. The summed E-state index contributed by atoms with van der Waals surface area (Å²) in [6.07, 6.45) is 79.6. The molecule has 0 radical (unpaired) electrons. The van der Waals surface area contributed by atoms with Gasteiger partial charge in [0, 0.05) is 19.3 Å². The predicted octanol–water partition coefficient (Wildman–Crippen LogP) is 20.5. The second-order valence-corrected chi connectivity index (χ2v) is 20.0. The van der Waals surface area contributed by atoms with Crippen LogP contribution in [0.3, 0.4) is 0 Å². The normalized spacial score (nSPS) is 12.8. The lowest BCUT2D eigenvalue weighted by Crippen LogP contribution is -2.30. The molecule has 0 rings (SSSR count). The minimum Gasteiger partial charge on any atom is -0.462 e. The van der Waals surface area contributed by atoms with Crippen LogP contribution in [0.25, 0.3) is 0 Å². The van der Waals surface area contributed by atoms with Gasteiger partial charge in [0.25, 0.3) is 0 Å². The number of hydrogen-bond donors (Lipinski definition) is 0. The number of unbranched alkanes of at least 4 members (excludes halogenated alkanes) is 31. The number of hydrogen-bond acceptors (Lipinski definition) is 6. The Balaban J connectivity index is 4.46. The molecule has 0 spiro atoms. The Hall–Kier alpha value is -3.67. The Labute approximate surface area is 445 Å². The molecule has 0 aromatic carbocycles. The van der Waals surface area contributed by atoms with Crippen molar-refractivity contribution in [2.45, 2.75) is 290 Å². The number of ether oxygens (including phenoxy) is 3. The fourth-order valence-electron chi connectivity index (χ4n) is 8.32. The molecular formula is C66H112O6. The summed E-state index contributed by atoms with van der Waals surface area (Å²) in [7, 11) is 0.